The molecule has 0 N–H and O–H groups in total. The fourth-order valence-electron chi connectivity index (χ4n) is 4.01. The number of piperidine rings is 1. The van der Waals surface area contributed by atoms with Crippen LogP contribution in [0.25, 0.3) is 0 Å². The van der Waals surface area contributed by atoms with Gasteiger partial charge in [0.25, 0.3) is 0 Å². The van der Waals surface area contributed by atoms with E-state index in [-0.39, 0.29) is 23.5 Å². The van der Waals surface area contributed by atoms with Crippen molar-refractivity contribution in [2.24, 2.45) is 5.92 Å². The molecule has 2 aliphatic rings. The van der Waals surface area contributed by atoms with Gasteiger partial charge < -0.3 is 9.80 Å². The molecule has 5 nitrogen and oxygen atoms in total. The third-order valence-corrected chi connectivity index (χ3v) is 5.77. The van der Waals surface area contributed by atoms with Crippen LogP contribution in [0.15, 0.2) is 24.3 Å². The van der Waals surface area contributed by atoms with Crippen molar-refractivity contribution in [1.29, 1.82) is 0 Å². The fourth-order valence-corrected chi connectivity index (χ4v) is 4.01. The van der Waals surface area contributed by atoms with Gasteiger partial charge in [0.2, 0.25) is 11.8 Å². The highest BCUT2D eigenvalue weighted by molar-refractivity contribution is 5.84. The Balaban J connectivity index is 1.53. The molecule has 2 heterocycles. The first kappa shape index (κ1) is 19.8. The Morgan fingerprint density at radius 2 is 1.96 bits per heavy atom. The number of piperazine rings is 1. The van der Waals surface area contributed by atoms with Gasteiger partial charge in [0, 0.05) is 51.7 Å². The largest absolute Gasteiger partial charge is 0.342 e. The van der Waals surface area contributed by atoms with E-state index in [1.54, 1.807) is 11.0 Å². The number of rotatable bonds is 5. The second-order valence-electron chi connectivity index (χ2n) is 7.91. The number of carbonyl (C=O) groups is 2. The van der Waals surface area contributed by atoms with Crippen molar-refractivity contribution in [3.05, 3.63) is 35.6 Å². The molecule has 6 heteroatoms. The van der Waals surface area contributed by atoms with E-state index in [9.17, 15) is 14.0 Å². The lowest BCUT2D eigenvalue weighted by Gasteiger charge is -2.40. The van der Waals surface area contributed by atoms with E-state index in [0.29, 0.717) is 38.4 Å². The van der Waals surface area contributed by atoms with Gasteiger partial charge in [0.1, 0.15) is 5.82 Å². The Hall–Kier alpha value is -1.95. The maximum Gasteiger partial charge on any atom is 0.227 e. The number of benzene rings is 1. The van der Waals surface area contributed by atoms with Crippen molar-refractivity contribution in [1.82, 2.24) is 14.7 Å². The minimum Gasteiger partial charge on any atom is -0.342 e. The highest BCUT2D eigenvalue weighted by Crippen LogP contribution is 2.21. The maximum absolute atomic E-state index is 13.3. The molecule has 0 bridgehead atoms. The van der Waals surface area contributed by atoms with Gasteiger partial charge in [-0.3, -0.25) is 14.5 Å². The molecule has 2 fully saturated rings. The number of hydrogen-bond donors (Lipinski definition) is 0. The van der Waals surface area contributed by atoms with E-state index in [2.05, 4.69) is 18.7 Å². The summed E-state index contributed by atoms with van der Waals surface area (Å²) in [6.07, 6.45) is 1.67. The predicted octanol–water partition coefficient (Wildman–Crippen LogP) is 2.16. The second-order valence-corrected chi connectivity index (χ2v) is 7.91. The molecule has 0 aromatic heterocycles. The van der Waals surface area contributed by atoms with Crippen LogP contribution in [-0.2, 0) is 16.0 Å². The predicted molar refractivity (Wildman–Crippen MR) is 103 cm³/mol. The van der Waals surface area contributed by atoms with E-state index in [1.807, 2.05) is 11.0 Å². The third-order valence-electron chi connectivity index (χ3n) is 5.77. The monoisotopic (exact) mass is 375 g/mol. The zero-order valence-electron chi connectivity index (χ0n) is 16.4. The van der Waals surface area contributed by atoms with E-state index in [0.717, 1.165) is 31.7 Å². The van der Waals surface area contributed by atoms with Gasteiger partial charge in [-0.2, -0.15) is 0 Å². The van der Waals surface area contributed by atoms with Gasteiger partial charge >= 0.3 is 0 Å². The molecule has 27 heavy (non-hydrogen) atoms. The van der Waals surface area contributed by atoms with Crippen molar-refractivity contribution in [2.45, 2.75) is 39.2 Å². The Morgan fingerprint density at radius 3 is 2.63 bits per heavy atom. The van der Waals surface area contributed by atoms with Gasteiger partial charge in [0.05, 0.1) is 5.92 Å². The number of likely N-dealkylation sites (tertiary alicyclic amines) is 1. The minimum atomic E-state index is -0.258. The summed E-state index contributed by atoms with van der Waals surface area (Å²) in [5, 5.41) is 0. The van der Waals surface area contributed by atoms with Crippen LogP contribution in [0.5, 0.6) is 0 Å². The normalized spacial score (nSPS) is 21.8. The summed E-state index contributed by atoms with van der Waals surface area (Å²) in [4.78, 5) is 31.3. The molecule has 2 aliphatic heterocycles. The maximum atomic E-state index is 13.3. The SMILES string of the molecule is CC(C)N1CCN(C(=O)C2CCC(=O)N(CCc3cccc(F)c3)C2)CC1. The van der Waals surface area contributed by atoms with E-state index >= 15 is 0 Å². The molecule has 1 atom stereocenters. The van der Waals surface area contributed by atoms with Crippen molar-refractivity contribution in [3.8, 4) is 0 Å². The standard InChI is InChI=1S/C21H30FN3O2/c1-16(2)23-10-12-24(13-11-23)21(27)18-6-7-20(26)25(15-18)9-8-17-4-3-5-19(22)14-17/h3-5,14,16,18H,6-13,15H2,1-2H3. The lowest BCUT2D eigenvalue weighted by Crippen LogP contribution is -2.54. The summed E-state index contributed by atoms with van der Waals surface area (Å²) in [6.45, 7) is 8.75. The number of carbonyl (C=O) groups excluding carboxylic acids is 2. The third kappa shape index (κ3) is 5.06. The van der Waals surface area contributed by atoms with Crippen LogP contribution in [0.1, 0.15) is 32.3 Å². The van der Waals surface area contributed by atoms with Crippen molar-refractivity contribution in [2.75, 3.05) is 39.3 Å². The van der Waals surface area contributed by atoms with Crippen molar-refractivity contribution in [3.63, 3.8) is 0 Å². The van der Waals surface area contributed by atoms with Crippen LogP contribution in [0.2, 0.25) is 0 Å². The molecule has 2 amide bonds. The van der Waals surface area contributed by atoms with Crippen LogP contribution in [0, 0.1) is 11.7 Å². The fraction of sp³-hybridized carbons (Fsp3) is 0.619. The molecule has 0 spiro atoms. The quantitative estimate of drug-likeness (QED) is 0.792. The molecule has 1 aromatic rings. The Kier molecular flexibility index (Phi) is 6.47. The van der Waals surface area contributed by atoms with Crippen LogP contribution in [0.3, 0.4) is 0 Å². The highest BCUT2D eigenvalue weighted by Gasteiger charge is 2.33. The van der Waals surface area contributed by atoms with E-state index in [4.69, 9.17) is 0 Å². The Labute approximate surface area is 161 Å². The van der Waals surface area contributed by atoms with Gasteiger partial charge in [-0.1, -0.05) is 12.1 Å². The first-order valence-corrected chi connectivity index (χ1v) is 9.99. The van der Waals surface area contributed by atoms with E-state index in [1.165, 1.54) is 12.1 Å². The van der Waals surface area contributed by atoms with Crippen LogP contribution < -0.4 is 0 Å². The summed E-state index contributed by atoms with van der Waals surface area (Å²) in [5.74, 6) is -0.0892. The molecular weight excluding hydrogens is 345 g/mol. The van der Waals surface area contributed by atoms with Gasteiger partial charge in [-0.25, -0.2) is 4.39 Å². The summed E-state index contributed by atoms with van der Waals surface area (Å²) < 4.78 is 13.3. The van der Waals surface area contributed by atoms with Crippen molar-refractivity contribution >= 4 is 11.8 Å². The number of hydrogen-bond acceptors (Lipinski definition) is 3. The Bertz CT molecular complexity index is 671. The van der Waals surface area contributed by atoms with Crippen LogP contribution in [-0.4, -0.2) is 71.8 Å². The summed E-state index contributed by atoms with van der Waals surface area (Å²) in [7, 11) is 0. The Morgan fingerprint density at radius 1 is 1.22 bits per heavy atom. The van der Waals surface area contributed by atoms with Gasteiger partial charge in [-0.15, -0.1) is 0 Å². The molecule has 1 aromatic carbocycles. The minimum absolute atomic E-state index is 0.0973. The number of amides is 2. The second kappa shape index (κ2) is 8.83. The molecule has 0 saturated carbocycles. The molecule has 148 valence electrons. The average Bonchev–Trinajstić information content (AvgIpc) is 2.67. The summed E-state index contributed by atoms with van der Waals surface area (Å²) >= 11 is 0. The lowest BCUT2D eigenvalue weighted by molar-refractivity contribution is -0.144. The molecular formula is C21H30FN3O2. The van der Waals surface area contributed by atoms with Crippen molar-refractivity contribution < 1.29 is 14.0 Å². The topological polar surface area (TPSA) is 43.9 Å². The van der Waals surface area contributed by atoms with Gasteiger partial charge in [0.15, 0.2) is 0 Å². The smallest absolute Gasteiger partial charge is 0.227 e. The number of halogens is 1. The van der Waals surface area contributed by atoms with Crippen LogP contribution in [0.4, 0.5) is 4.39 Å². The molecule has 0 aliphatic carbocycles. The first-order chi connectivity index (χ1) is 12.9. The molecule has 0 radical (unpaired) electrons. The molecule has 1 unspecified atom stereocenters. The zero-order valence-corrected chi connectivity index (χ0v) is 16.4. The van der Waals surface area contributed by atoms with Crippen LogP contribution >= 0.6 is 0 Å². The zero-order chi connectivity index (χ0) is 19.4. The first-order valence-electron chi connectivity index (χ1n) is 9.99. The summed E-state index contributed by atoms with van der Waals surface area (Å²) in [5.41, 5.74) is 0.876. The molecule has 2 saturated heterocycles. The summed E-state index contributed by atoms with van der Waals surface area (Å²) in [6, 6.07) is 6.99. The highest BCUT2D eigenvalue weighted by atomic mass is 19.1. The number of nitrogens with zero attached hydrogens (tertiary/aromatic N) is 3. The average molecular weight is 375 g/mol. The van der Waals surface area contributed by atoms with E-state index < -0.39 is 0 Å². The van der Waals surface area contributed by atoms with Gasteiger partial charge in [-0.05, 0) is 44.4 Å². The molecule has 3 rings (SSSR count). The lowest BCUT2D eigenvalue weighted by atomic mass is 9.95.